The second-order valence-electron chi connectivity index (χ2n) is 4.10. The predicted octanol–water partition coefficient (Wildman–Crippen LogP) is 1.50. The summed E-state index contributed by atoms with van der Waals surface area (Å²) in [5.41, 5.74) is 5.51. The van der Waals surface area contributed by atoms with E-state index in [0.717, 1.165) is 19.3 Å². The van der Waals surface area contributed by atoms with Gasteiger partial charge in [-0.2, -0.15) is 18.4 Å². The maximum Gasteiger partial charge on any atom is 0.405 e. The van der Waals surface area contributed by atoms with E-state index in [4.69, 9.17) is 11.0 Å². The summed E-state index contributed by atoms with van der Waals surface area (Å²) in [6, 6.07) is 1.32. The zero-order valence-electron chi connectivity index (χ0n) is 9.00. The predicted molar refractivity (Wildman–Crippen MR) is 53.4 cm³/mol. The van der Waals surface area contributed by atoms with E-state index >= 15 is 0 Å². The van der Waals surface area contributed by atoms with Crippen molar-refractivity contribution in [2.75, 3.05) is 19.6 Å². The van der Waals surface area contributed by atoms with Crippen LogP contribution in [0.4, 0.5) is 13.2 Å². The van der Waals surface area contributed by atoms with Gasteiger partial charge in [-0.15, -0.1) is 0 Å². The van der Waals surface area contributed by atoms with Gasteiger partial charge in [-0.25, -0.2) is 0 Å². The van der Waals surface area contributed by atoms with Crippen LogP contribution in [-0.4, -0.2) is 36.8 Å². The number of nitrogens with zero attached hydrogens (tertiary/aromatic N) is 2. The molecule has 1 fully saturated rings. The van der Waals surface area contributed by atoms with Crippen molar-refractivity contribution < 1.29 is 13.2 Å². The molecule has 16 heavy (non-hydrogen) atoms. The van der Waals surface area contributed by atoms with E-state index in [1.807, 2.05) is 0 Å². The Morgan fingerprint density at radius 1 is 1.44 bits per heavy atom. The first kappa shape index (κ1) is 13.3. The minimum atomic E-state index is -4.44. The summed E-state index contributed by atoms with van der Waals surface area (Å²) in [6.45, 7) is 0.716. The van der Waals surface area contributed by atoms with E-state index in [2.05, 4.69) is 0 Å². The standard InChI is InChI=1S/C10H16F3N3/c11-10(12,13)8(5-14)7-16-4-2-1-3-9(16)6-15/h8-9H,1-4,6-7,15H2. The quantitative estimate of drug-likeness (QED) is 0.806. The molecule has 0 aromatic rings. The van der Waals surface area contributed by atoms with Gasteiger partial charge in [0.05, 0.1) is 6.07 Å². The molecule has 0 amide bonds. The largest absolute Gasteiger partial charge is 0.405 e. The fraction of sp³-hybridized carbons (Fsp3) is 0.900. The molecule has 0 radical (unpaired) electrons. The highest BCUT2D eigenvalue weighted by Crippen LogP contribution is 2.28. The van der Waals surface area contributed by atoms with E-state index in [1.165, 1.54) is 6.07 Å². The number of likely N-dealkylation sites (tertiary alicyclic amines) is 1. The van der Waals surface area contributed by atoms with E-state index in [1.54, 1.807) is 4.90 Å². The van der Waals surface area contributed by atoms with Crippen molar-refractivity contribution in [3.05, 3.63) is 0 Å². The van der Waals surface area contributed by atoms with Crippen LogP contribution in [0.5, 0.6) is 0 Å². The van der Waals surface area contributed by atoms with Crippen molar-refractivity contribution in [3.8, 4) is 6.07 Å². The van der Waals surface area contributed by atoms with Crippen LogP contribution in [0.3, 0.4) is 0 Å². The van der Waals surface area contributed by atoms with Gasteiger partial charge in [0.15, 0.2) is 5.92 Å². The molecule has 2 unspecified atom stereocenters. The maximum absolute atomic E-state index is 12.4. The molecule has 0 saturated carbocycles. The number of nitriles is 1. The summed E-state index contributed by atoms with van der Waals surface area (Å²) in [7, 11) is 0. The molecule has 0 aliphatic carbocycles. The first-order chi connectivity index (χ1) is 7.49. The zero-order chi connectivity index (χ0) is 12.2. The number of piperidine rings is 1. The SMILES string of the molecule is N#CC(CN1CCCCC1CN)C(F)(F)F. The monoisotopic (exact) mass is 235 g/mol. The smallest absolute Gasteiger partial charge is 0.329 e. The first-order valence-electron chi connectivity index (χ1n) is 5.39. The van der Waals surface area contributed by atoms with E-state index in [-0.39, 0.29) is 12.6 Å². The van der Waals surface area contributed by atoms with Crippen LogP contribution in [0.2, 0.25) is 0 Å². The van der Waals surface area contributed by atoms with E-state index in [9.17, 15) is 13.2 Å². The van der Waals surface area contributed by atoms with Gasteiger partial charge in [0.1, 0.15) is 0 Å². The molecule has 1 heterocycles. The summed E-state index contributed by atoms with van der Waals surface area (Å²) in [4.78, 5) is 1.70. The van der Waals surface area contributed by atoms with Crippen LogP contribution in [0.15, 0.2) is 0 Å². The average molecular weight is 235 g/mol. The molecule has 1 aliphatic heterocycles. The highest BCUT2D eigenvalue weighted by molar-refractivity contribution is 4.92. The van der Waals surface area contributed by atoms with Gasteiger partial charge < -0.3 is 5.73 Å². The lowest BCUT2D eigenvalue weighted by atomic mass is 10.00. The van der Waals surface area contributed by atoms with Gasteiger partial charge in [0, 0.05) is 19.1 Å². The third kappa shape index (κ3) is 3.35. The fourth-order valence-corrected chi connectivity index (χ4v) is 2.02. The normalized spacial score (nSPS) is 25.1. The molecule has 3 nitrogen and oxygen atoms in total. The molecule has 2 N–H and O–H groups in total. The molecular formula is C10H16F3N3. The third-order valence-corrected chi connectivity index (χ3v) is 2.99. The number of alkyl halides is 3. The van der Waals surface area contributed by atoms with Crippen LogP contribution in [-0.2, 0) is 0 Å². The molecule has 0 bridgehead atoms. The minimum absolute atomic E-state index is 0.00745. The fourth-order valence-electron chi connectivity index (χ4n) is 2.02. The number of nitrogens with two attached hydrogens (primary N) is 1. The highest BCUT2D eigenvalue weighted by Gasteiger charge is 2.41. The molecule has 0 aromatic heterocycles. The lowest BCUT2D eigenvalue weighted by Gasteiger charge is -2.36. The van der Waals surface area contributed by atoms with Crippen LogP contribution >= 0.6 is 0 Å². The summed E-state index contributed by atoms with van der Waals surface area (Å²) in [6.07, 6.45) is -1.73. The van der Waals surface area contributed by atoms with Gasteiger partial charge in [0.2, 0.25) is 0 Å². The van der Waals surface area contributed by atoms with Crippen LogP contribution in [0.1, 0.15) is 19.3 Å². The van der Waals surface area contributed by atoms with Crippen LogP contribution in [0.25, 0.3) is 0 Å². The van der Waals surface area contributed by atoms with Crippen molar-refractivity contribution >= 4 is 0 Å². The topological polar surface area (TPSA) is 53.0 Å². The molecule has 1 aliphatic rings. The Bertz CT molecular complexity index is 259. The highest BCUT2D eigenvalue weighted by atomic mass is 19.4. The lowest BCUT2D eigenvalue weighted by molar-refractivity contribution is -0.165. The summed E-state index contributed by atoms with van der Waals surface area (Å²) in [5.74, 6) is -1.90. The van der Waals surface area contributed by atoms with Crippen molar-refractivity contribution in [1.82, 2.24) is 4.90 Å². The van der Waals surface area contributed by atoms with E-state index < -0.39 is 12.1 Å². The molecule has 6 heteroatoms. The first-order valence-corrected chi connectivity index (χ1v) is 5.39. The Hall–Kier alpha value is -0.800. The van der Waals surface area contributed by atoms with Crippen LogP contribution in [0, 0.1) is 17.2 Å². The third-order valence-electron chi connectivity index (χ3n) is 2.99. The molecule has 1 saturated heterocycles. The Labute approximate surface area is 93.0 Å². The number of hydrogen-bond donors (Lipinski definition) is 1. The Morgan fingerprint density at radius 3 is 2.62 bits per heavy atom. The average Bonchev–Trinajstić information content (AvgIpc) is 2.24. The summed E-state index contributed by atoms with van der Waals surface area (Å²) in [5, 5.41) is 8.52. The second-order valence-corrected chi connectivity index (χ2v) is 4.10. The van der Waals surface area contributed by atoms with Gasteiger partial charge in [-0.05, 0) is 19.4 Å². The maximum atomic E-state index is 12.4. The zero-order valence-corrected chi connectivity index (χ0v) is 9.00. The van der Waals surface area contributed by atoms with Gasteiger partial charge in [0.25, 0.3) is 0 Å². The molecular weight excluding hydrogens is 219 g/mol. The Kier molecular flexibility index (Phi) is 4.56. The van der Waals surface area contributed by atoms with Crippen molar-refractivity contribution in [1.29, 1.82) is 5.26 Å². The van der Waals surface area contributed by atoms with Crippen LogP contribution < -0.4 is 5.73 Å². The lowest BCUT2D eigenvalue weighted by Crippen LogP contribution is -2.48. The van der Waals surface area contributed by atoms with Crippen molar-refractivity contribution in [2.45, 2.75) is 31.5 Å². The van der Waals surface area contributed by atoms with Gasteiger partial charge in [-0.3, -0.25) is 4.90 Å². The molecule has 92 valence electrons. The summed E-state index contributed by atoms with van der Waals surface area (Å²) >= 11 is 0. The molecule has 0 spiro atoms. The van der Waals surface area contributed by atoms with E-state index in [0.29, 0.717) is 13.1 Å². The van der Waals surface area contributed by atoms with Gasteiger partial charge >= 0.3 is 6.18 Å². The minimum Gasteiger partial charge on any atom is -0.329 e. The number of halogens is 3. The van der Waals surface area contributed by atoms with Crippen molar-refractivity contribution in [2.24, 2.45) is 11.7 Å². The Balaban J connectivity index is 2.60. The second kappa shape index (κ2) is 5.51. The summed E-state index contributed by atoms with van der Waals surface area (Å²) < 4.78 is 37.3. The molecule has 2 atom stereocenters. The number of hydrogen-bond acceptors (Lipinski definition) is 3. The van der Waals surface area contributed by atoms with Gasteiger partial charge in [-0.1, -0.05) is 6.42 Å². The molecule has 0 aromatic carbocycles. The Morgan fingerprint density at radius 2 is 2.12 bits per heavy atom. The molecule has 1 rings (SSSR count). The number of rotatable bonds is 3. The van der Waals surface area contributed by atoms with Crippen molar-refractivity contribution in [3.63, 3.8) is 0 Å².